The van der Waals surface area contributed by atoms with Crippen molar-refractivity contribution in [3.63, 3.8) is 0 Å². The molecule has 6 heteroatoms. The summed E-state index contributed by atoms with van der Waals surface area (Å²) in [5, 5.41) is 19.2. The zero-order valence-electron chi connectivity index (χ0n) is 16.3. The normalized spacial score (nSPS) is 26.5. The second-order valence-electron chi connectivity index (χ2n) is 8.10. The number of pyridine rings is 1. The predicted octanol–water partition coefficient (Wildman–Crippen LogP) is 3.09. The number of carbonyl (C=O) groups is 1. The summed E-state index contributed by atoms with van der Waals surface area (Å²) in [7, 11) is 2.19. The Hall–Kier alpha value is -2.60. The van der Waals surface area contributed by atoms with Crippen LogP contribution < -0.4 is 4.74 Å². The Labute approximate surface area is 164 Å². The summed E-state index contributed by atoms with van der Waals surface area (Å²) in [6.07, 6.45) is 5.68. The van der Waals surface area contributed by atoms with Gasteiger partial charge in [0.25, 0.3) is 0 Å². The van der Waals surface area contributed by atoms with E-state index in [1.165, 1.54) is 23.4 Å². The van der Waals surface area contributed by atoms with Crippen LogP contribution in [0.25, 0.3) is 0 Å². The van der Waals surface area contributed by atoms with Crippen LogP contribution in [0.4, 0.5) is 0 Å². The number of phenolic OH excluding ortho intramolecular Hbond substituents is 1. The third-order valence-electron chi connectivity index (χ3n) is 6.76. The van der Waals surface area contributed by atoms with Gasteiger partial charge in [-0.15, -0.1) is 0 Å². The molecule has 1 aliphatic heterocycles. The standard InChI is InChI=1S/C22H26N2O4/c1-14-20-10-15-3-4-17(25)11-19(15)22(14,5-7-24(20)2)6-8-28-18-9-16(21(26)27)12-23-13-18/h3-4,9,11-14,20,25H,5-8,10H2,1-2H3,(H,26,27)/t14-,20+,22-/m0/s1. The number of benzene rings is 1. The van der Waals surface area contributed by atoms with Crippen molar-refractivity contribution >= 4 is 5.97 Å². The molecule has 0 amide bonds. The number of likely N-dealkylation sites (tertiary alicyclic amines) is 1. The number of likely N-dealkylation sites (N-methyl/N-ethyl adjacent to an activating group) is 1. The van der Waals surface area contributed by atoms with Crippen molar-refractivity contribution in [2.24, 2.45) is 5.92 Å². The number of hydrogen-bond donors (Lipinski definition) is 2. The van der Waals surface area contributed by atoms with E-state index in [0.29, 0.717) is 30.1 Å². The lowest BCUT2D eigenvalue weighted by Crippen LogP contribution is -2.58. The number of hydrogen-bond acceptors (Lipinski definition) is 5. The monoisotopic (exact) mass is 382 g/mol. The summed E-state index contributed by atoms with van der Waals surface area (Å²) in [4.78, 5) is 17.5. The summed E-state index contributed by atoms with van der Waals surface area (Å²) in [6, 6.07) is 7.74. The molecule has 3 atom stereocenters. The van der Waals surface area contributed by atoms with Crippen LogP contribution in [0.1, 0.15) is 41.3 Å². The fraction of sp³-hybridized carbons (Fsp3) is 0.455. The number of nitrogens with zero attached hydrogens (tertiary/aromatic N) is 2. The minimum atomic E-state index is -1.01. The van der Waals surface area contributed by atoms with Gasteiger partial charge in [-0.3, -0.25) is 4.98 Å². The van der Waals surface area contributed by atoms with Gasteiger partial charge in [-0.1, -0.05) is 13.0 Å². The molecule has 148 valence electrons. The van der Waals surface area contributed by atoms with Crippen LogP contribution in [0.5, 0.6) is 11.5 Å². The molecule has 0 saturated carbocycles. The summed E-state index contributed by atoms with van der Waals surface area (Å²) in [5.74, 6) is 0.204. The van der Waals surface area contributed by atoms with Crippen LogP contribution in [0.3, 0.4) is 0 Å². The van der Waals surface area contributed by atoms with E-state index in [1.807, 2.05) is 6.07 Å². The van der Waals surface area contributed by atoms with E-state index < -0.39 is 5.97 Å². The van der Waals surface area contributed by atoms with E-state index in [1.54, 1.807) is 12.3 Å². The summed E-state index contributed by atoms with van der Waals surface area (Å²) in [5.41, 5.74) is 2.62. The van der Waals surface area contributed by atoms with Crippen molar-refractivity contribution in [2.45, 2.75) is 37.6 Å². The Morgan fingerprint density at radius 1 is 1.36 bits per heavy atom. The third-order valence-corrected chi connectivity index (χ3v) is 6.76. The number of phenols is 1. The van der Waals surface area contributed by atoms with Crippen LogP contribution in [0.2, 0.25) is 0 Å². The first-order chi connectivity index (χ1) is 13.4. The number of rotatable bonds is 5. The number of aromatic hydroxyl groups is 1. The molecule has 1 aliphatic carbocycles. The summed E-state index contributed by atoms with van der Waals surface area (Å²) in [6.45, 7) is 3.79. The number of aromatic carboxylic acids is 1. The average Bonchev–Trinajstić information content (AvgIpc) is 2.67. The van der Waals surface area contributed by atoms with Gasteiger partial charge < -0.3 is 19.8 Å². The zero-order valence-corrected chi connectivity index (χ0v) is 16.3. The van der Waals surface area contributed by atoms with Crippen molar-refractivity contribution in [2.75, 3.05) is 20.2 Å². The average molecular weight is 382 g/mol. The van der Waals surface area contributed by atoms with Crippen LogP contribution in [0, 0.1) is 5.92 Å². The fourth-order valence-corrected chi connectivity index (χ4v) is 5.12. The van der Waals surface area contributed by atoms with Crippen molar-refractivity contribution in [1.82, 2.24) is 9.88 Å². The number of ether oxygens (including phenoxy) is 1. The Kier molecular flexibility index (Phi) is 4.75. The van der Waals surface area contributed by atoms with Gasteiger partial charge in [0.05, 0.1) is 18.4 Å². The largest absolute Gasteiger partial charge is 0.508 e. The van der Waals surface area contributed by atoms with Gasteiger partial charge in [0.1, 0.15) is 11.5 Å². The molecule has 2 aromatic rings. The number of carboxylic acid groups (broad SMARTS) is 1. The Morgan fingerprint density at radius 3 is 2.96 bits per heavy atom. The first kappa shape index (κ1) is 18.7. The van der Waals surface area contributed by atoms with E-state index in [4.69, 9.17) is 9.84 Å². The SMILES string of the molecule is C[C@H]1[C@H]2Cc3ccc(O)cc3[C@]1(CCOc1cncc(C(=O)O)c1)CCN2C. The highest BCUT2D eigenvalue weighted by molar-refractivity contribution is 5.87. The van der Waals surface area contributed by atoms with Gasteiger partial charge in [0.15, 0.2) is 0 Å². The van der Waals surface area contributed by atoms with Crippen LogP contribution in [0.15, 0.2) is 36.7 Å². The number of piperidine rings is 1. The molecule has 28 heavy (non-hydrogen) atoms. The molecule has 1 aromatic carbocycles. The molecule has 2 aliphatic rings. The molecule has 1 saturated heterocycles. The Balaban J connectivity index is 1.59. The molecule has 4 rings (SSSR count). The molecule has 0 radical (unpaired) electrons. The van der Waals surface area contributed by atoms with Gasteiger partial charge in [0.2, 0.25) is 0 Å². The Morgan fingerprint density at radius 2 is 2.18 bits per heavy atom. The van der Waals surface area contributed by atoms with Crippen molar-refractivity contribution in [1.29, 1.82) is 0 Å². The van der Waals surface area contributed by atoms with Crippen LogP contribution >= 0.6 is 0 Å². The second-order valence-corrected chi connectivity index (χ2v) is 8.10. The van der Waals surface area contributed by atoms with Gasteiger partial charge in [0, 0.05) is 17.7 Å². The first-order valence-electron chi connectivity index (χ1n) is 9.74. The summed E-state index contributed by atoms with van der Waals surface area (Å²) >= 11 is 0. The lowest BCUT2D eigenvalue weighted by Gasteiger charge is -2.55. The van der Waals surface area contributed by atoms with Crippen molar-refractivity contribution in [3.05, 3.63) is 53.3 Å². The quantitative estimate of drug-likeness (QED) is 0.827. The van der Waals surface area contributed by atoms with Crippen LogP contribution in [-0.2, 0) is 11.8 Å². The Bertz CT molecular complexity index is 900. The van der Waals surface area contributed by atoms with Gasteiger partial charge in [-0.2, -0.15) is 0 Å². The van der Waals surface area contributed by atoms with Gasteiger partial charge in [-0.25, -0.2) is 4.79 Å². The lowest BCUT2D eigenvalue weighted by atomic mass is 9.56. The highest BCUT2D eigenvalue weighted by atomic mass is 16.5. The van der Waals surface area contributed by atoms with E-state index in [9.17, 15) is 9.90 Å². The molecule has 2 N–H and O–H groups in total. The maximum absolute atomic E-state index is 11.1. The second kappa shape index (κ2) is 7.09. The van der Waals surface area contributed by atoms with Crippen molar-refractivity contribution in [3.8, 4) is 11.5 Å². The topological polar surface area (TPSA) is 82.9 Å². The molecule has 1 fully saturated rings. The molecule has 0 unspecified atom stereocenters. The number of aromatic nitrogens is 1. The van der Waals surface area contributed by atoms with Gasteiger partial charge in [-0.05, 0) is 68.1 Å². The molecule has 1 aromatic heterocycles. The molecular formula is C22H26N2O4. The van der Waals surface area contributed by atoms with Gasteiger partial charge >= 0.3 is 5.97 Å². The molecular weight excluding hydrogens is 356 g/mol. The minimum Gasteiger partial charge on any atom is -0.508 e. The van der Waals surface area contributed by atoms with E-state index in [-0.39, 0.29) is 11.0 Å². The maximum atomic E-state index is 11.1. The number of carboxylic acids is 1. The third kappa shape index (κ3) is 3.11. The van der Waals surface area contributed by atoms with Crippen LogP contribution in [-0.4, -0.2) is 52.3 Å². The highest BCUT2D eigenvalue weighted by Gasteiger charge is 2.50. The fourth-order valence-electron chi connectivity index (χ4n) is 5.12. The highest BCUT2D eigenvalue weighted by Crippen LogP contribution is 2.51. The smallest absolute Gasteiger partial charge is 0.337 e. The molecule has 6 nitrogen and oxygen atoms in total. The van der Waals surface area contributed by atoms with E-state index in [0.717, 1.165) is 25.8 Å². The molecule has 2 bridgehead atoms. The van der Waals surface area contributed by atoms with Crippen molar-refractivity contribution < 1.29 is 19.7 Å². The molecule has 2 heterocycles. The van der Waals surface area contributed by atoms with E-state index in [2.05, 4.69) is 29.9 Å². The first-order valence-corrected chi connectivity index (χ1v) is 9.74. The minimum absolute atomic E-state index is 0.0542. The number of fused-ring (bicyclic) bond motifs is 4. The molecule has 0 spiro atoms. The predicted molar refractivity (Wildman–Crippen MR) is 105 cm³/mol. The summed E-state index contributed by atoms with van der Waals surface area (Å²) < 4.78 is 5.90. The van der Waals surface area contributed by atoms with E-state index >= 15 is 0 Å². The lowest BCUT2D eigenvalue weighted by molar-refractivity contribution is 0.0284. The maximum Gasteiger partial charge on any atom is 0.337 e. The zero-order chi connectivity index (χ0) is 19.9.